The van der Waals surface area contributed by atoms with Crippen LogP contribution in [0.1, 0.15) is 33.6 Å². The molecule has 0 aromatic carbocycles. The van der Waals surface area contributed by atoms with Gasteiger partial charge in [0.2, 0.25) is 0 Å². The van der Waals surface area contributed by atoms with Crippen LogP contribution in [0.15, 0.2) is 17.4 Å². The Morgan fingerprint density at radius 1 is 1.47 bits per heavy atom. The zero-order valence-corrected chi connectivity index (χ0v) is 11.8. The molecule has 0 saturated heterocycles. The molecule has 1 heterocycles. The van der Waals surface area contributed by atoms with E-state index in [4.69, 9.17) is 23.2 Å². The summed E-state index contributed by atoms with van der Waals surface area (Å²) in [6.45, 7) is 6.37. The quantitative estimate of drug-likeness (QED) is 0.628. The summed E-state index contributed by atoms with van der Waals surface area (Å²) in [5.74, 6) is 1.21. The monoisotopic (exact) mass is 273 g/mol. The van der Waals surface area contributed by atoms with Gasteiger partial charge >= 0.3 is 0 Å². The van der Waals surface area contributed by atoms with Gasteiger partial charge in [0.1, 0.15) is 0 Å². The molecule has 1 rings (SSSR count). The second-order valence-electron chi connectivity index (χ2n) is 4.38. The van der Waals surface area contributed by atoms with E-state index in [1.54, 1.807) is 6.07 Å². The molecule has 1 aromatic heterocycles. The summed E-state index contributed by atoms with van der Waals surface area (Å²) in [5.41, 5.74) is 3.88. The van der Waals surface area contributed by atoms with E-state index in [2.05, 4.69) is 29.4 Å². The van der Waals surface area contributed by atoms with Crippen molar-refractivity contribution in [3.63, 3.8) is 0 Å². The Kier molecular flexibility index (Phi) is 5.72. The lowest BCUT2D eigenvalue weighted by Gasteiger charge is -2.06. The molecule has 5 heteroatoms. The van der Waals surface area contributed by atoms with Gasteiger partial charge in [-0.05, 0) is 31.7 Å². The first-order valence-electron chi connectivity index (χ1n) is 5.59. The molecular formula is C12H17Cl2N3. The highest BCUT2D eigenvalue weighted by Crippen LogP contribution is 2.22. The molecule has 0 atom stereocenters. The number of hydrogen-bond donors (Lipinski definition) is 1. The van der Waals surface area contributed by atoms with Gasteiger partial charge in [0.15, 0.2) is 5.82 Å². The summed E-state index contributed by atoms with van der Waals surface area (Å²) >= 11 is 11.7. The van der Waals surface area contributed by atoms with Crippen LogP contribution in [0.4, 0.5) is 5.82 Å². The second-order valence-corrected chi connectivity index (χ2v) is 5.22. The Balaban J connectivity index is 2.56. The molecule has 0 aliphatic rings. The van der Waals surface area contributed by atoms with Crippen LogP contribution < -0.4 is 5.43 Å². The molecule has 1 aromatic rings. The zero-order chi connectivity index (χ0) is 12.8. The molecular weight excluding hydrogens is 257 g/mol. The minimum Gasteiger partial charge on any atom is -0.260 e. The molecule has 0 unspecified atom stereocenters. The van der Waals surface area contributed by atoms with Crippen molar-refractivity contribution in [3.05, 3.63) is 22.3 Å². The van der Waals surface area contributed by atoms with Crippen LogP contribution in [0.5, 0.6) is 0 Å². The molecule has 0 radical (unpaired) electrons. The van der Waals surface area contributed by atoms with Crippen LogP contribution in [0.2, 0.25) is 10.0 Å². The van der Waals surface area contributed by atoms with E-state index in [9.17, 15) is 0 Å². The highest BCUT2D eigenvalue weighted by atomic mass is 35.5. The molecule has 17 heavy (non-hydrogen) atoms. The maximum absolute atomic E-state index is 5.96. The summed E-state index contributed by atoms with van der Waals surface area (Å²) in [6, 6.07) is 1.64. The third kappa shape index (κ3) is 5.37. The van der Waals surface area contributed by atoms with Gasteiger partial charge in [-0.15, -0.1) is 0 Å². The van der Waals surface area contributed by atoms with Gasteiger partial charge in [0, 0.05) is 11.9 Å². The topological polar surface area (TPSA) is 37.3 Å². The number of rotatable bonds is 5. The fourth-order valence-corrected chi connectivity index (χ4v) is 1.62. The Labute approximate surface area is 112 Å². The summed E-state index contributed by atoms with van der Waals surface area (Å²) in [7, 11) is 0. The first-order valence-corrected chi connectivity index (χ1v) is 6.35. The molecule has 0 saturated carbocycles. The van der Waals surface area contributed by atoms with E-state index >= 15 is 0 Å². The fourth-order valence-electron chi connectivity index (χ4n) is 1.20. The lowest BCUT2D eigenvalue weighted by atomic mass is 10.1. The number of pyridine rings is 1. The van der Waals surface area contributed by atoms with Crippen molar-refractivity contribution in [2.75, 3.05) is 5.43 Å². The van der Waals surface area contributed by atoms with Crippen molar-refractivity contribution in [3.8, 4) is 0 Å². The van der Waals surface area contributed by atoms with Crippen LogP contribution in [0.3, 0.4) is 0 Å². The van der Waals surface area contributed by atoms with E-state index in [-0.39, 0.29) is 0 Å². The first-order chi connectivity index (χ1) is 7.99. The lowest BCUT2D eigenvalue weighted by Crippen LogP contribution is -2.01. The van der Waals surface area contributed by atoms with Gasteiger partial charge in [0.05, 0.1) is 10.0 Å². The van der Waals surface area contributed by atoms with Crippen molar-refractivity contribution < 1.29 is 0 Å². The van der Waals surface area contributed by atoms with Crippen LogP contribution in [0.25, 0.3) is 0 Å². The number of halogens is 2. The highest BCUT2D eigenvalue weighted by Gasteiger charge is 2.02. The van der Waals surface area contributed by atoms with Crippen LogP contribution in [-0.4, -0.2) is 10.7 Å². The third-order valence-electron chi connectivity index (χ3n) is 2.24. The van der Waals surface area contributed by atoms with E-state index in [0.717, 1.165) is 18.6 Å². The molecule has 0 aliphatic heterocycles. The highest BCUT2D eigenvalue weighted by molar-refractivity contribution is 6.35. The van der Waals surface area contributed by atoms with Crippen molar-refractivity contribution in [1.82, 2.24) is 4.98 Å². The van der Waals surface area contributed by atoms with E-state index in [0.29, 0.717) is 21.8 Å². The predicted octanol–water partition coefficient (Wildman–Crippen LogP) is 4.61. The van der Waals surface area contributed by atoms with Gasteiger partial charge in [0.25, 0.3) is 0 Å². The Bertz CT molecular complexity index is 403. The van der Waals surface area contributed by atoms with Crippen LogP contribution in [0, 0.1) is 5.92 Å². The largest absolute Gasteiger partial charge is 0.260 e. The number of nitrogens with zero attached hydrogens (tertiary/aromatic N) is 2. The van der Waals surface area contributed by atoms with Gasteiger partial charge in [-0.2, -0.15) is 5.10 Å². The Morgan fingerprint density at radius 2 is 2.18 bits per heavy atom. The number of hydrogen-bond acceptors (Lipinski definition) is 3. The molecule has 0 bridgehead atoms. The van der Waals surface area contributed by atoms with Gasteiger partial charge < -0.3 is 0 Å². The number of nitrogens with one attached hydrogen (secondary N) is 1. The molecule has 0 fully saturated rings. The van der Waals surface area contributed by atoms with Crippen LogP contribution >= 0.6 is 23.2 Å². The van der Waals surface area contributed by atoms with Crippen molar-refractivity contribution in [2.45, 2.75) is 33.6 Å². The smallest absolute Gasteiger partial charge is 0.165 e. The van der Waals surface area contributed by atoms with Crippen molar-refractivity contribution >= 4 is 34.7 Å². The minimum atomic E-state index is 0.470. The molecule has 0 spiro atoms. The Hall–Kier alpha value is -0.800. The van der Waals surface area contributed by atoms with E-state index in [1.807, 2.05) is 6.92 Å². The Morgan fingerprint density at radius 3 is 2.76 bits per heavy atom. The number of hydrazone groups is 1. The van der Waals surface area contributed by atoms with E-state index < -0.39 is 0 Å². The lowest BCUT2D eigenvalue weighted by molar-refractivity contribution is 0.603. The molecule has 0 aliphatic carbocycles. The maximum Gasteiger partial charge on any atom is 0.165 e. The normalized spacial score (nSPS) is 12.0. The summed E-state index contributed by atoms with van der Waals surface area (Å²) in [6.07, 6.45) is 3.63. The maximum atomic E-state index is 5.96. The molecule has 94 valence electrons. The van der Waals surface area contributed by atoms with Gasteiger partial charge in [-0.3, -0.25) is 5.43 Å². The number of anilines is 1. The van der Waals surface area contributed by atoms with Crippen molar-refractivity contribution in [1.29, 1.82) is 0 Å². The predicted molar refractivity (Wildman–Crippen MR) is 75.1 cm³/mol. The summed E-state index contributed by atoms with van der Waals surface area (Å²) in [5, 5.41) is 5.22. The van der Waals surface area contributed by atoms with Gasteiger partial charge in [-0.1, -0.05) is 37.0 Å². The fraction of sp³-hybridized carbons (Fsp3) is 0.500. The van der Waals surface area contributed by atoms with Crippen molar-refractivity contribution in [2.24, 2.45) is 11.0 Å². The van der Waals surface area contributed by atoms with Gasteiger partial charge in [-0.25, -0.2) is 4.98 Å². The molecule has 0 amide bonds. The van der Waals surface area contributed by atoms with E-state index in [1.165, 1.54) is 6.20 Å². The average molecular weight is 274 g/mol. The second kappa shape index (κ2) is 6.82. The third-order valence-corrected chi connectivity index (χ3v) is 2.74. The SMILES string of the molecule is C/C(CCC(C)C)=N/Nc1ncc(Cl)cc1Cl. The standard InChI is InChI=1S/C12H17Cl2N3/c1-8(2)4-5-9(3)16-17-12-11(14)6-10(13)7-15-12/h6-8H,4-5H2,1-3H3,(H,15,17)/b16-9-. The zero-order valence-electron chi connectivity index (χ0n) is 10.3. The summed E-state index contributed by atoms with van der Waals surface area (Å²) < 4.78 is 0. The number of aromatic nitrogens is 1. The average Bonchev–Trinajstić information content (AvgIpc) is 2.25. The molecule has 3 nitrogen and oxygen atoms in total. The summed E-state index contributed by atoms with van der Waals surface area (Å²) in [4.78, 5) is 4.06. The first kappa shape index (κ1) is 14.3. The minimum absolute atomic E-state index is 0.470. The molecule has 1 N–H and O–H groups in total. The van der Waals surface area contributed by atoms with Crippen LogP contribution in [-0.2, 0) is 0 Å².